The van der Waals surface area contributed by atoms with E-state index in [1.54, 1.807) is 26.4 Å². The van der Waals surface area contributed by atoms with Crippen molar-refractivity contribution in [3.63, 3.8) is 0 Å². The number of fused-ring (bicyclic) bond motifs is 1. The number of hydrogen-bond donors (Lipinski definition) is 0. The zero-order valence-electron chi connectivity index (χ0n) is 13.6. The summed E-state index contributed by atoms with van der Waals surface area (Å²) in [4.78, 5) is 17.3. The van der Waals surface area contributed by atoms with Gasteiger partial charge in [-0.2, -0.15) is 10.1 Å². The van der Waals surface area contributed by atoms with Gasteiger partial charge in [-0.05, 0) is 25.1 Å². The smallest absolute Gasteiger partial charge is 0.298 e. The predicted octanol–water partition coefficient (Wildman–Crippen LogP) is 2.27. The Morgan fingerprint density at radius 2 is 2.25 bits per heavy atom. The highest BCUT2D eigenvalue weighted by atomic mass is 32.1. The van der Waals surface area contributed by atoms with Gasteiger partial charge in [0.1, 0.15) is 11.5 Å². The molecule has 6 nitrogen and oxygen atoms in total. The lowest BCUT2D eigenvalue weighted by atomic mass is 10.3. The number of hydrogen-bond acceptors (Lipinski definition) is 4. The van der Waals surface area contributed by atoms with E-state index in [2.05, 4.69) is 10.1 Å². The standard InChI is InChI=1S/C16H17FN4O2S/c1-10-9-18-20(2)14(10)15(22)19-16-21(6-7-23-3)12-5-4-11(17)8-13(12)24-16/h4-5,8-9H,6-7H2,1-3H3. The molecule has 0 atom stereocenters. The third-order valence-electron chi connectivity index (χ3n) is 3.69. The molecule has 0 unspecified atom stereocenters. The van der Waals surface area contributed by atoms with Gasteiger partial charge in [0.2, 0.25) is 0 Å². The number of ether oxygens (including phenoxy) is 1. The first-order valence-corrected chi connectivity index (χ1v) is 8.18. The Morgan fingerprint density at radius 3 is 2.92 bits per heavy atom. The first-order valence-electron chi connectivity index (χ1n) is 7.36. The van der Waals surface area contributed by atoms with Crippen molar-refractivity contribution in [1.82, 2.24) is 14.3 Å². The van der Waals surface area contributed by atoms with Crippen LogP contribution in [0.5, 0.6) is 0 Å². The molecule has 0 N–H and O–H groups in total. The number of amides is 1. The van der Waals surface area contributed by atoms with E-state index in [0.29, 0.717) is 23.6 Å². The first-order chi connectivity index (χ1) is 11.5. The summed E-state index contributed by atoms with van der Waals surface area (Å²) in [5, 5.41) is 4.07. The van der Waals surface area contributed by atoms with Gasteiger partial charge in [-0.1, -0.05) is 11.3 Å². The van der Waals surface area contributed by atoms with Gasteiger partial charge in [0.25, 0.3) is 5.91 Å². The third kappa shape index (κ3) is 3.02. The van der Waals surface area contributed by atoms with Crippen LogP contribution in [-0.4, -0.2) is 34.0 Å². The van der Waals surface area contributed by atoms with Gasteiger partial charge in [-0.15, -0.1) is 0 Å². The van der Waals surface area contributed by atoms with E-state index in [-0.39, 0.29) is 11.7 Å². The fourth-order valence-corrected chi connectivity index (χ4v) is 3.60. The normalized spacial score (nSPS) is 12.2. The Hall–Kier alpha value is -2.32. The number of methoxy groups -OCH3 is 1. The number of aryl methyl sites for hydroxylation is 2. The minimum atomic E-state index is -0.370. The van der Waals surface area contributed by atoms with Crippen LogP contribution in [0.2, 0.25) is 0 Å². The highest BCUT2D eigenvalue weighted by Gasteiger charge is 2.15. The van der Waals surface area contributed by atoms with Crippen LogP contribution in [0.3, 0.4) is 0 Å². The summed E-state index contributed by atoms with van der Waals surface area (Å²) in [7, 11) is 3.31. The van der Waals surface area contributed by atoms with Crippen LogP contribution < -0.4 is 4.80 Å². The summed E-state index contributed by atoms with van der Waals surface area (Å²) in [6.07, 6.45) is 1.63. The number of thiazole rings is 1. The van der Waals surface area contributed by atoms with Crippen molar-refractivity contribution in [3.8, 4) is 0 Å². The number of nitrogens with zero attached hydrogens (tertiary/aromatic N) is 4. The molecule has 1 amide bonds. The van der Waals surface area contributed by atoms with Gasteiger partial charge >= 0.3 is 0 Å². The molecule has 2 aromatic heterocycles. The maximum absolute atomic E-state index is 13.5. The highest BCUT2D eigenvalue weighted by molar-refractivity contribution is 7.16. The van der Waals surface area contributed by atoms with E-state index < -0.39 is 0 Å². The molecular formula is C16H17FN4O2S. The van der Waals surface area contributed by atoms with Gasteiger partial charge in [0.15, 0.2) is 4.80 Å². The molecule has 0 saturated heterocycles. The molecule has 0 bridgehead atoms. The Bertz CT molecular complexity index is 951. The largest absolute Gasteiger partial charge is 0.383 e. The summed E-state index contributed by atoms with van der Waals surface area (Å²) in [5.41, 5.74) is 2.03. The lowest BCUT2D eigenvalue weighted by molar-refractivity contribution is 0.0988. The molecule has 0 aliphatic carbocycles. The van der Waals surface area contributed by atoms with Crippen molar-refractivity contribution in [2.45, 2.75) is 13.5 Å². The Morgan fingerprint density at radius 1 is 1.46 bits per heavy atom. The van der Waals surface area contributed by atoms with Crippen LogP contribution in [0.1, 0.15) is 16.1 Å². The van der Waals surface area contributed by atoms with E-state index in [9.17, 15) is 9.18 Å². The molecule has 0 spiro atoms. The number of carbonyl (C=O) groups is 1. The lowest BCUT2D eigenvalue weighted by Crippen LogP contribution is -2.20. The second-order valence-corrected chi connectivity index (χ2v) is 6.37. The first kappa shape index (κ1) is 16.5. The second-order valence-electron chi connectivity index (χ2n) is 5.36. The monoisotopic (exact) mass is 348 g/mol. The maximum atomic E-state index is 13.5. The summed E-state index contributed by atoms with van der Waals surface area (Å²) >= 11 is 1.28. The molecule has 126 valence electrons. The number of rotatable bonds is 4. The van der Waals surface area contributed by atoms with E-state index in [1.807, 2.05) is 11.5 Å². The molecule has 2 heterocycles. The van der Waals surface area contributed by atoms with Crippen molar-refractivity contribution >= 4 is 27.5 Å². The van der Waals surface area contributed by atoms with Gasteiger partial charge in [0, 0.05) is 26.3 Å². The second kappa shape index (κ2) is 6.66. The molecule has 3 aromatic rings. The SMILES string of the molecule is COCCn1c(=NC(=O)c2c(C)cnn2C)sc2cc(F)ccc21. The van der Waals surface area contributed by atoms with E-state index in [0.717, 1.165) is 15.8 Å². The Balaban J connectivity index is 2.15. The molecular weight excluding hydrogens is 331 g/mol. The van der Waals surface area contributed by atoms with Crippen molar-refractivity contribution in [2.24, 2.45) is 12.0 Å². The van der Waals surface area contributed by atoms with E-state index in [4.69, 9.17) is 4.74 Å². The molecule has 0 saturated carbocycles. The van der Waals surface area contributed by atoms with Gasteiger partial charge in [-0.25, -0.2) is 4.39 Å². The fraction of sp³-hybridized carbons (Fsp3) is 0.312. The van der Waals surface area contributed by atoms with Crippen LogP contribution in [0.4, 0.5) is 4.39 Å². The number of halogens is 1. The topological polar surface area (TPSA) is 61.4 Å². The lowest BCUT2D eigenvalue weighted by Gasteiger charge is -2.04. The van der Waals surface area contributed by atoms with Crippen LogP contribution in [0, 0.1) is 12.7 Å². The molecule has 0 radical (unpaired) electrons. The molecule has 24 heavy (non-hydrogen) atoms. The average molecular weight is 348 g/mol. The molecule has 0 aliphatic heterocycles. The molecule has 0 fully saturated rings. The molecule has 3 rings (SSSR count). The van der Waals surface area contributed by atoms with E-state index >= 15 is 0 Å². The number of carbonyl (C=O) groups excluding carboxylic acids is 1. The number of aromatic nitrogens is 3. The van der Waals surface area contributed by atoms with Crippen molar-refractivity contribution in [3.05, 3.63) is 46.3 Å². The zero-order chi connectivity index (χ0) is 17.3. The highest BCUT2D eigenvalue weighted by Crippen LogP contribution is 2.19. The van der Waals surface area contributed by atoms with Gasteiger partial charge in [0.05, 0.1) is 23.0 Å². The van der Waals surface area contributed by atoms with Crippen LogP contribution in [0.25, 0.3) is 10.2 Å². The minimum Gasteiger partial charge on any atom is -0.383 e. The molecule has 1 aromatic carbocycles. The summed E-state index contributed by atoms with van der Waals surface area (Å²) in [5.74, 6) is -0.686. The van der Waals surface area contributed by atoms with Crippen molar-refractivity contribution < 1.29 is 13.9 Å². The van der Waals surface area contributed by atoms with Crippen LogP contribution in [0.15, 0.2) is 29.4 Å². The van der Waals surface area contributed by atoms with Crippen molar-refractivity contribution in [2.75, 3.05) is 13.7 Å². The minimum absolute atomic E-state index is 0.317. The number of benzene rings is 1. The molecule has 8 heteroatoms. The third-order valence-corrected chi connectivity index (χ3v) is 4.73. The predicted molar refractivity (Wildman–Crippen MR) is 89.5 cm³/mol. The summed E-state index contributed by atoms with van der Waals surface area (Å²) < 4.78 is 22.7. The summed E-state index contributed by atoms with van der Waals surface area (Å²) in [6.45, 7) is 2.81. The Labute approximate surface area is 141 Å². The Kier molecular flexibility index (Phi) is 4.59. The van der Waals surface area contributed by atoms with Crippen LogP contribution >= 0.6 is 11.3 Å². The van der Waals surface area contributed by atoms with Gasteiger partial charge < -0.3 is 9.30 Å². The van der Waals surface area contributed by atoms with Crippen molar-refractivity contribution in [1.29, 1.82) is 0 Å². The van der Waals surface area contributed by atoms with Gasteiger partial charge in [-0.3, -0.25) is 9.48 Å². The molecule has 0 aliphatic rings. The van der Waals surface area contributed by atoms with E-state index in [1.165, 1.54) is 28.2 Å². The quantitative estimate of drug-likeness (QED) is 0.727. The van der Waals surface area contributed by atoms with Crippen LogP contribution in [-0.2, 0) is 18.3 Å². The zero-order valence-corrected chi connectivity index (χ0v) is 14.4. The average Bonchev–Trinajstić information content (AvgIpc) is 3.04. The fourth-order valence-electron chi connectivity index (χ4n) is 2.53. The summed E-state index contributed by atoms with van der Waals surface area (Å²) in [6, 6.07) is 4.53. The maximum Gasteiger partial charge on any atom is 0.298 e.